The van der Waals surface area contributed by atoms with E-state index < -0.39 is 45.1 Å². The summed E-state index contributed by atoms with van der Waals surface area (Å²) in [4.78, 5) is 12.6. The molecule has 0 aliphatic carbocycles. The maximum absolute atomic E-state index is 14.0. The van der Waals surface area contributed by atoms with Gasteiger partial charge in [0.2, 0.25) is 15.9 Å². The molecule has 0 spiro atoms. The van der Waals surface area contributed by atoms with Gasteiger partial charge in [-0.15, -0.1) is 0 Å². The van der Waals surface area contributed by atoms with Gasteiger partial charge in [-0.05, 0) is 48.4 Å². The number of rotatable bonds is 7. The molecule has 0 saturated heterocycles. The van der Waals surface area contributed by atoms with E-state index >= 15 is 0 Å². The van der Waals surface area contributed by atoms with E-state index in [1.54, 1.807) is 30.3 Å². The van der Waals surface area contributed by atoms with Crippen LogP contribution in [0.1, 0.15) is 5.56 Å². The molecule has 2 N–H and O–H groups in total. The average Bonchev–Trinajstić information content (AvgIpc) is 2.74. The molecule has 0 aliphatic rings. The predicted octanol–water partition coefficient (Wildman–Crippen LogP) is 4.29. The second kappa shape index (κ2) is 9.51. The van der Waals surface area contributed by atoms with Crippen LogP contribution in [0.3, 0.4) is 0 Å². The number of sulfonamides is 1. The third-order valence-corrected chi connectivity index (χ3v) is 6.05. The summed E-state index contributed by atoms with van der Waals surface area (Å²) in [6, 6.07) is 13.9. The lowest BCUT2D eigenvalue weighted by Gasteiger charge is -2.19. The van der Waals surface area contributed by atoms with Crippen molar-refractivity contribution in [2.75, 3.05) is 5.32 Å². The maximum Gasteiger partial charge on any atom is 0.242 e. The van der Waals surface area contributed by atoms with Crippen molar-refractivity contribution >= 4 is 33.2 Å². The van der Waals surface area contributed by atoms with Crippen LogP contribution in [-0.4, -0.2) is 20.4 Å². The van der Waals surface area contributed by atoms with Gasteiger partial charge in [0.25, 0.3) is 0 Å². The van der Waals surface area contributed by atoms with E-state index in [4.69, 9.17) is 11.6 Å². The van der Waals surface area contributed by atoms with E-state index in [0.29, 0.717) is 16.7 Å². The van der Waals surface area contributed by atoms with E-state index in [0.717, 1.165) is 6.07 Å². The van der Waals surface area contributed by atoms with E-state index in [1.165, 1.54) is 24.3 Å². The fraction of sp³-hybridized carbons (Fsp3) is 0.0952. The lowest BCUT2D eigenvalue weighted by atomic mass is 10.1. The van der Waals surface area contributed by atoms with Crippen LogP contribution in [-0.2, 0) is 21.2 Å². The smallest absolute Gasteiger partial charge is 0.242 e. The second-order valence-electron chi connectivity index (χ2n) is 6.53. The number of hydrogen-bond acceptors (Lipinski definition) is 3. The molecule has 3 rings (SSSR count). The highest BCUT2D eigenvalue weighted by molar-refractivity contribution is 7.89. The minimum Gasteiger partial charge on any atom is -0.322 e. The first kappa shape index (κ1) is 22.8. The first-order chi connectivity index (χ1) is 14.7. The van der Waals surface area contributed by atoms with Crippen LogP contribution in [0.5, 0.6) is 0 Å². The van der Waals surface area contributed by atoms with Crippen molar-refractivity contribution in [2.45, 2.75) is 17.4 Å². The monoisotopic (exact) mass is 468 g/mol. The third kappa shape index (κ3) is 5.63. The van der Waals surface area contributed by atoms with Crippen LogP contribution < -0.4 is 10.0 Å². The maximum atomic E-state index is 14.0. The van der Waals surface area contributed by atoms with E-state index in [-0.39, 0.29) is 11.3 Å². The largest absolute Gasteiger partial charge is 0.322 e. The molecule has 0 saturated carbocycles. The van der Waals surface area contributed by atoms with Gasteiger partial charge in [-0.25, -0.2) is 21.6 Å². The second-order valence-corrected chi connectivity index (χ2v) is 8.68. The van der Waals surface area contributed by atoms with E-state index in [1.807, 2.05) is 0 Å². The molecule has 0 fully saturated rings. The minimum atomic E-state index is -4.16. The summed E-state index contributed by atoms with van der Waals surface area (Å²) in [5.74, 6) is -5.71. The zero-order valence-electron chi connectivity index (χ0n) is 15.8. The predicted molar refractivity (Wildman–Crippen MR) is 111 cm³/mol. The molecular formula is C21H16ClF3N2O3S. The van der Waals surface area contributed by atoms with Crippen LogP contribution in [0.4, 0.5) is 18.9 Å². The Morgan fingerprint density at radius 2 is 1.55 bits per heavy atom. The highest BCUT2D eigenvalue weighted by Gasteiger charge is 2.27. The molecule has 0 aromatic heterocycles. The summed E-state index contributed by atoms with van der Waals surface area (Å²) < 4.78 is 68.4. The SMILES string of the molecule is O=C(Nc1ccc(F)c(F)c1F)[C@@H](Cc1ccccc1)NS(=O)(=O)c1ccc(Cl)cc1. The molecule has 10 heteroatoms. The summed E-state index contributed by atoms with van der Waals surface area (Å²) in [7, 11) is -4.16. The Bertz CT molecular complexity index is 1190. The van der Waals surface area contributed by atoms with Crippen LogP contribution >= 0.6 is 11.6 Å². The number of amides is 1. The fourth-order valence-corrected chi connectivity index (χ4v) is 4.07. The first-order valence-corrected chi connectivity index (χ1v) is 10.8. The fourth-order valence-electron chi connectivity index (χ4n) is 2.75. The molecule has 0 radical (unpaired) electrons. The molecule has 0 unspecified atom stereocenters. The summed E-state index contributed by atoms with van der Waals surface area (Å²) in [6.45, 7) is 0. The summed E-state index contributed by atoms with van der Waals surface area (Å²) in [5.41, 5.74) is -0.000123. The van der Waals surface area contributed by atoms with Crippen LogP contribution in [0, 0.1) is 17.5 Å². The number of benzene rings is 3. The van der Waals surface area contributed by atoms with Crippen molar-refractivity contribution in [3.05, 3.63) is 94.8 Å². The molecule has 3 aromatic rings. The molecule has 0 aliphatic heterocycles. The minimum absolute atomic E-state index is 0.0786. The number of anilines is 1. The standard InChI is InChI=1S/C21H16ClF3N2O3S/c22-14-6-8-15(9-7-14)31(29,30)27-18(12-13-4-2-1-3-5-13)21(28)26-17-11-10-16(23)19(24)20(17)25/h1-11,18,27H,12H2,(H,26,28)/t18-/m1/s1. The third-order valence-electron chi connectivity index (χ3n) is 4.31. The van der Waals surface area contributed by atoms with Gasteiger partial charge < -0.3 is 5.32 Å². The first-order valence-electron chi connectivity index (χ1n) is 8.93. The highest BCUT2D eigenvalue weighted by Crippen LogP contribution is 2.21. The number of halogens is 4. The van der Waals surface area contributed by atoms with Gasteiger partial charge in [-0.1, -0.05) is 41.9 Å². The molecule has 0 heterocycles. The number of nitrogens with one attached hydrogen (secondary N) is 2. The number of carbonyl (C=O) groups excluding carboxylic acids is 1. The Balaban J connectivity index is 1.89. The van der Waals surface area contributed by atoms with Gasteiger partial charge in [0.1, 0.15) is 6.04 Å². The molecule has 3 aromatic carbocycles. The van der Waals surface area contributed by atoms with Crippen molar-refractivity contribution < 1.29 is 26.4 Å². The van der Waals surface area contributed by atoms with E-state index in [2.05, 4.69) is 10.0 Å². The molecule has 1 atom stereocenters. The molecule has 1 amide bonds. The van der Waals surface area contributed by atoms with Crippen molar-refractivity contribution in [3.63, 3.8) is 0 Å². The van der Waals surface area contributed by atoms with Gasteiger partial charge in [-0.3, -0.25) is 4.79 Å². The van der Waals surface area contributed by atoms with Crippen LogP contribution in [0.15, 0.2) is 71.6 Å². The number of hydrogen-bond donors (Lipinski definition) is 2. The summed E-state index contributed by atoms with van der Waals surface area (Å²) in [6.07, 6.45) is -0.0786. The van der Waals surface area contributed by atoms with Crippen molar-refractivity contribution in [1.82, 2.24) is 4.72 Å². The molecular weight excluding hydrogens is 453 g/mol. The molecule has 5 nitrogen and oxygen atoms in total. The lowest BCUT2D eigenvalue weighted by molar-refractivity contribution is -0.117. The Kier molecular flexibility index (Phi) is 6.99. The zero-order valence-corrected chi connectivity index (χ0v) is 17.4. The normalized spacial score (nSPS) is 12.4. The lowest BCUT2D eigenvalue weighted by Crippen LogP contribution is -2.45. The average molecular weight is 469 g/mol. The van der Waals surface area contributed by atoms with Crippen molar-refractivity contribution in [1.29, 1.82) is 0 Å². The Hall–Kier alpha value is -2.88. The van der Waals surface area contributed by atoms with Crippen molar-refractivity contribution in [2.24, 2.45) is 0 Å². The van der Waals surface area contributed by atoms with Gasteiger partial charge in [-0.2, -0.15) is 4.72 Å². The molecule has 31 heavy (non-hydrogen) atoms. The quantitative estimate of drug-likeness (QED) is 0.508. The van der Waals surface area contributed by atoms with Crippen LogP contribution in [0.2, 0.25) is 5.02 Å². The number of carbonyl (C=O) groups is 1. The summed E-state index contributed by atoms with van der Waals surface area (Å²) >= 11 is 5.78. The Labute approximate surface area is 181 Å². The van der Waals surface area contributed by atoms with Gasteiger partial charge in [0.15, 0.2) is 17.5 Å². The van der Waals surface area contributed by atoms with E-state index in [9.17, 15) is 26.4 Å². The van der Waals surface area contributed by atoms with Gasteiger partial charge in [0.05, 0.1) is 10.6 Å². The van der Waals surface area contributed by atoms with Crippen molar-refractivity contribution in [3.8, 4) is 0 Å². The molecule has 0 bridgehead atoms. The highest BCUT2D eigenvalue weighted by atomic mass is 35.5. The van der Waals surface area contributed by atoms with Gasteiger partial charge in [0, 0.05) is 5.02 Å². The Morgan fingerprint density at radius 3 is 2.19 bits per heavy atom. The zero-order chi connectivity index (χ0) is 22.6. The van der Waals surface area contributed by atoms with Gasteiger partial charge >= 0.3 is 0 Å². The van der Waals surface area contributed by atoms with Crippen LogP contribution in [0.25, 0.3) is 0 Å². The topological polar surface area (TPSA) is 75.3 Å². The Morgan fingerprint density at radius 1 is 0.903 bits per heavy atom. The summed E-state index contributed by atoms with van der Waals surface area (Å²) in [5, 5.41) is 2.44. The molecule has 162 valence electrons.